The van der Waals surface area contributed by atoms with Crippen LogP contribution < -0.4 is 5.32 Å². The lowest BCUT2D eigenvalue weighted by atomic mass is 9.76. The molecule has 1 heterocycles. The van der Waals surface area contributed by atoms with Gasteiger partial charge in [0, 0.05) is 19.1 Å². The van der Waals surface area contributed by atoms with Crippen molar-refractivity contribution in [2.24, 2.45) is 5.41 Å². The Morgan fingerprint density at radius 1 is 1.29 bits per heavy atom. The zero-order valence-corrected chi connectivity index (χ0v) is 12.4. The lowest BCUT2D eigenvalue weighted by Crippen LogP contribution is -2.48. The largest absolute Gasteiger partial charge is 0.316 e. The Hall–Kier alpha value is -0.0800. The number of hydrogen-bond acceptors (Lipinski definition) is 2. The number of rotatable bonds is 7. The Bertz CT molecular complexity index is 192. The first kappa shape index (κ1) is 15.0. The predicted molar refractivity (Wildman–Crippen MR) is 76.4 cm³/mol. The Balaban J connectivity index is 2.52. The fourth-order valence-electron chi connectivity index (χ4n) is 3.31. The van der Waals surface area contributed by atoms with E-state index in [1.165, 1.54) is 58.2 Å². The Morgan fingerprint density at radius 2 is 2.06 bits per heavy atom. The first-order valence-corrected chi connectivity index (χ1v) is 7.54. The summed E-state index contributed by atoms with van der Waals surface area (Å²) < 4.78 is 0. The van der Waals surface area contributed by atoms with Gasteiger partial charge >= 0.3 is 0 Å². The third kappa shape index (κ3) is 4.59. The molecule has 0 spiro atoms. The summed E-state index contributed by atoms with van der Waals surface area (Å²) in [5.41, 5.74) is 0.545. The van der Waals surface area contributed by atoms with E-state index in [4.69, 9.17) is 0 Å². The molecular formula is C15H32N2. The van der Waals surface area contributed by atoms with Crippen molar-refractivity contribution in [3.05, 3.63) is 0 Å². The quantitative estimate of drug-likeness (QED) is 0.735. The molecule has 1 saturated heterocycles. The third-order valence-corrected chi connectivity index (χ3v) is 4.38. The van der Waals surface area contributed by atoms with Crippen LogP contribution in [-0.2, 0) is 0 Å². The highest BCUT2D eigenvalue weighted by atomic mass is 15.1. The van der Waals surface area contributed by atoms with E-state index >= 15 is 0 Å². The van der Waals surface area contributed by atoms with Crippen molar-refractivity contribution in [3.8, 4) is 0 Å². The average Bonchev–Trinajstić information content (AvgIpc) is 2.30. The fraction of sp³-hybridized carbons (Fsp3) is 1.00. The maximum atomic E-state index is 3.61. The van der Waals surface area contributed by atoms with E-state index in [1.807, 2.05) is 0 Å². The summed E-state index contributed by atoms with van der Waals surface area (Å²) in [6, 6.07) is 0.732. The van der Waals surface area contributed by atoms with E-state index < -0.39 is 0 Å². The highest BCUT2D eigenvalue weighted by Gasteiger charge is 2.32. The molecule has 102 valence electrons. The number of piperidine rings is 1. The molecule has 0 aromatic carbocycles. The van der Waals surface area contributed by atoms with Crippen molar-refractivity contribution in [1.82, 2.24) is 10.2 Å². The topological polar surface area (TPSA) is 15.3 Å². The van der Waals surface area contributed by atoms with Crippen molar-refractivity contribution in [1.29, 1.82) is 0 Å². The van der Waals surface area contributed by atoms with E-state index in [-0.39, 0.29) is 0 Å². The lowest BCUT2D eigenvalue weighted by Gasteiger charge is -2.42. The summed E-state index contributed by atoms with van der Waals surface area (Å²) in [5, 5.41) is 3.61. The number of hydrogen-bond donors (Lipinski definition) is 1. The Morgan fingerprint density at radius 3 is 2.59 bits per heavy atom. The zero-order valence-electron chi connectivity index (χ0n) is 12.4. The molecule has 0 aromatic heterocycles. The van der Waals surface area contributed by atoms with E-state index in [2.05, 4.69) is 38.0 Å². The summed E-state index contributed by atoms with van der Waals surface area (Å²) >= 11 is 0. The minimum absolute atomic E-state index is 0.545. The molecule has 0 bridgehead atoms. The molecule has 1 aliphatic rings. The van der Waals surface area contributed by atoms with Crippen LogP contribution in [0.1, 0.15) is 59.3 Å². The third-order valence-electron chi connectivity index (χ3n) is 4.38. The molecule has 0 aromatic rings. The van der Waals surface area contributed by atoms with Gasteiger partial charge in [-0.15, -0.1) is 0 Å². The first-order valence-electron chi connectivity index (χ1n) is 7.54. The van der Waals surface area contributed by atoms with E-state index in [9.17, 15) is 0 Å². The van der Waals surface area contributed by atoms with Gasteiger partial charge in [-0.1, -0.05) is 26.7 Å². The number of nitrogens with one attached hydrogen (secondary N) is 1. The van der Waals surface area contributed by atoms with Gasteiger partial charge in [-0.05, 0) is 51.6 Å². The molecule has 1 rings (SSSR count). The van der Waals surface area contributed by atoms with Crippen LogP contribution in [0.5, 0.6) is 0 Å². The molecule has 0 aliphatic carbocycles. The minimum atomic E-state index is 0.545. The van der Waals surface area contributed by atoms with Crippen LogP contribution in [0.2, 0.25) is 0 Å². The van der Waals surface area contributed by atoms with Gasteiger partial charge in [0.25, 0.3) is 0 Å². The second-order valence-corrected chi connectivity index (χ2v) is 6.08. The van der Waals surface area contributed by atoms with Crippen LogP contribution in [0.15, 0.2) is 0 Å². The van der Waals surface area contributed by atoms with Gasteiger partial charge < -0.3 is 10.2 Å². The van der Waals surface area contributed by atoms with Gasteiger partial charge in [0.2, 0.25) is 0 Å². The summed E-state index contributed by atoms with van der Waals surface area (Å²) in [6.07, 6.45) is 8.09. The second kappa shape index (κ2) is 7.38. The van der Waals surface area contributed by atoms with Gasteiger partial charge in [0.05, 0.1) is 0 Å². The maximum absolute atomic E-state index is 3.61. The molecule has 2 unspecified atom stereocenters. The van der Waals surface area contributed by atoms with Crippen LogP contribution in [0, 0.1) is 5.41 Å². The van der Waals surface area contributed by atoms with Crippen molar-refractivity contribution in [2.75, 3.05) is 26.7 Å². The smallest absolute Gasteiger partial charge is 0.00640 e. The van der Waals surface area contributed by atoms with Crippen molar-refractivity contribution in [3.63, 3.8) is 0 Å². The van der Waals surface area contributed by atoms with Crippen molar-refractivity contribution in [2.45, 2.75) is 65.3 Å². The fourth-order valence-corrected chi connectivity index (χ4v) is 3.31. The van der Waals surface area contributed by atoms with Gasteiger partial charge in [0.15, 0.2) is 0 Å². The predicted octanol–water partition coefficient (Wildman–Crippen LogP) is 3.28. The molecule has 2 heteroatoms. The van der Waals surface area contributed by atoms with Gasteiger partial charge in [0.1, 0.15) is 0 Å². The summed E-state index contributed by atoms with van der Waals surface area (Å²) in [4.78, 5) is 2.59. The van der Waals surface area contributed by atoms with Crippen LogP contribution in [-0.4, -0.2) is 37.6 Å². The zero-order chi connectivity index (χ0) is 12.7. The lowest BCUT2D eigenvalue weighted by molar-refractivity contribution is 0.0978. The standard InChI is InChI=1S/C15H32N2/c1-5-8-14(3)17(4)13-15(9-6-2)10-7-11-16-12-15/h14,16H,5-13H2,1-4H3. The monoisotopic (exact) mass is 240 g/mol. The molecule has 1 aliphatic heterocycles. The van der Waals surface area contributed by atoms with E-state index in [0.29, 0.717) is 5.41 Å². The summed E-state index contributed by atoms with van der Waals surface area (Å²) in [7, 11) is 2.31. The van der Waals surface area contributed by atoms with Crippen molar-refractivity contribution < 1.29 is 0 Å². The van der Waals surface area contributed by atoms with Crippen LogP contribution in [0.4, 0.5) is 0 Å². The van der Waals surface area contributed by atoms with Gasteiger partial charge in [-0.2, -0.15) is 0 Å². The summed E-state index contributed by atoms with van der Waals surface area (Å²) in [5.74, 6) is 0. The van der Waals surface area contributed by atoms with Crippen LogP contribution >= 0.6 is 0 Å². The average molecular weight is 240 g/mol. The molecular weight excluding hydrogens is 208 g/mol. The summed E-state index contributed by atoms with van der Waals surface area (Å²) in [6.45, 7) is 10.7. The molecule has 1 fully saturated rings. The molecule has 0 radical (unpaired) electrons. The highest BCUT2D eigenvalue weighted by molar-refractivity contribution is 4.88. The molecule has 1 N–H and O–H groups in total. The van der Waals surface area contributed by atoms with Gasteiger partial charge in [-0.3, -0.25) is 0 Å². The molecule has 0 saturated carbocycles. The van der Waals surface area contributed by atoms with Crippen LogP contribution in [0.25, 0.3) is 0 Å². The van der Waals surface area contributed by atoms with E-state index in [0.717, 1.165) is 6.04 Å². The number of nitrogens with zero attached hydrogens (tertiary/aromatic N) is 1. The second-order valence-electron chi connectivity index (χ2n) is 6.08. The normalized spacial score (nSPS) is 27.4. The molecule has 2 atom stereocenters. The SMILES string of the molecule is CCCC(C)N(C)CC1(CCC)CCCNC1. The Kier molecular flexibility index (Phi) is 6.50. The molecule has 17 heavy (non-hydrogen) atoms. The Labute approximate surface area is 108 Å². The van der Waals surface area contributed by atoms with E-state index in [1.54, 1.807) is 0 Å². The highest BCUT2D eigenvalue weighted by Crippen LogP contribution is 2.33. The van der Waals surface area contributed by atoms with Crippen LogP contribution in [0.3, 0.4) is 0 Å². The molecule has 0 amide bonds. The maximum Gasteiger partial charge on any atom is 0.00640 e. The van der Waals surface area contributed by atoms with Crippen molar-refractivity contribution >= 4 is 0 Å². The minimum Gasteiger partial charge on any atom is -0.316 e. The van der Waals surface area contributed by atoms with Gasteiger partial charge in [-0.25, -0.2) is 0 Å². The first-order chi connectivity index (χ1) is 8.13. The molecule has 2 nitrogen and oxygen atoms in total.